The highest BCUT2D eigenvalue weighted by molar-refractivity contribution is 4.95. The second-order valence-corrected chi connectivity index (χ2v) is 2.73. The molecular formula is C7H11N3O. The van der Waals surface area contributed by atoms with Gasteiger partial charge in [0, 0.05) is 31.7 Å². The van der Waals surface area contributed by atoms with Crippen LogP contribution in [-0.2, 0) is 6.54 Å². The Labute approximate surface area is 65.0 Å². The predicted molar refractivity (Wildman–Crippen MR) is 40.0 cm³/mol. The number of rotatable bonds is 3. The van der Waals surface area contributed by atoms with Crippen LogP contribution < -0.4 is 10.6 Å². The van der Waals surface area contributed by atoms with E-state index in [1.165, 1.54) is 0 Å². The van der Waals surface area contributed by atoms with E-state index in [0.29, 0.717) is 6.04 Å². The maximum Gasteiger partial charge on any atom is 0.124 e. The van der Waals surface area contributed by atoms with Crippen LogP contribution in [0.25, 0.3) is 0 Å². The van der Waals surface area contributed by atoms with Gasteiger partial charge in [-0.1, -0.05) is 5.16 Å². The minimum Gasteiger partial charge on any atom is -0.364 e. The van der Waals surface area contributed by atoms with Crippen LogP contribution in [0.4, 0.5) is 0 Å². The highest BCUT2D eigenvalue weighted by Crippen LogP contribution is 1.96. The van der Waals surface area contributed by atoms with Crippen LogP contribution in [0.3, 0.4) is 0 Å². The molecule has 4 heteroatoms. The molecule has 1 aromatic heterocycles. The topological polar surface area (TPSA) is 50.1 Å². The van der Waals surface area contributed by atoms with Crippen LogP contribution in [0.15, 0.2) is 16.9 Å². The largest absolute Gasteiger partial charge is 0.364 e. The summed E-state index contributed by atoms with van der Waals surface area (Å²) in [6, 6.07) is 2.49. The summed E-state index contributed by atoms with van der Waals surface area (Å²) in [5, 5.41) is 10.3. The first kappa shape index (κ1) is 6.82. The van der Waals surface area contributed by atoms with Crippen LogP contribution in [0.2, 0.25) is 0 Å². The smallest absolute Gasteiger partial charge is 0.124 e. The van der Waals surface area contributed by atoms with Gasteiger partial charge >= 0.3 is 0 Å². The molecule has 0 amide bonds. The van der Waals surface area contributed by atoms with E-state index in [2.05, 4.69) is 15.8 Å². The van der Waals surface area contributed by atoms with E-state index >= 15 is 0 Å². The van der Waals surface area contributed by atoms with E-state index in [9.17, 15) is 0 Å². The molecule has 1 saturated heterocycles. The van der Waals surface area contributed by atoms with Gasteiger partial charge in [-0.05, 0) is 0 Å². The van der Waals surface area contributed by atoms with Crippen molar-refractivity contribution < 1.29 is 4.52 Å². The Morgan fingerprint density at radius 3 is 3.18 bits per heavy atom. The fourth-order valence-corrected chi connectivity index (χ4v) is 1.01. The van der Waals surface area contributed by atoms with Gasteiger partial charge in [0.05, 0.1) is 5.69 Å². The van der Waals surface area contributed by atoms with E-state index in [1.807, 2.05) is 6.07 Å². The molecule has 0 bridgehead atoms. The molecule has 0 spiro atoms. The summed E-state index contributed by atoms with van der Waals surface area (Å²) >= 11 is 0. The lowest BCUT2D eigenvalue weighted by Gasteiger charge is -2.27. The van der Waals surface area contributed by atoms with Crippen molar-refractivity contribution >= 4 is 0 Å². The van der Waals surface area contributed by atoms with Crippen molar-refractivity contribution in [3.05, 3.63) is 18.0 Å². The molecule has 2 heterocycles. The average Bonchev–Trinajstić information content (AvgIpc) is 2.36. The van der Waals surface area contributed by atoms with Crippen molar-refractivity contribution in [1.82, 2.24) is 15.8 Å². The van der Waals surface area contributed by atoms with E-state index in [4.69, 9.17) is 4.52 Å². The summed E-state index contributed by atoms with van der Waals surface area (Å²) in [5.41, 5.74) is 0.969. The number of nitrogens with zero attached hydrogens (tertiary/aromatic N) is 1. The molecule has 1 aliphatic rings. The maximum absolute atomic E-state index is 4.69. The molecule has 1 aliphatic heterocycles. The predicted octanol–water partition coefficient (Wildman–Crippen LogP) is -0.264. The van der Waals surface area contributed by atoms with E-state index in [1.54, 1.807) is 6.26 Å². The van der Waals surface area contributed by atoms with Crippen molar-refractivity contribution in [1.29, 1.82) is 0 Å². The third-order valence-corrected chi connectivity index (χ3v) is 1.84. The fraction of sp³-hybridized carbons (Fsp3) is 0.571. The van der Waals surface area contributed by atoms with Crippen LogP contribution >= 0.6 is 0 Å². The molecule has 2 rings (SSSR count). The van der Waals surface area contributed by atoms with Gasteiger partial charge in [-0.15, -0.1) is 0 Å². The molecule has 0 aliphatic carbocycles. The van der Waals surface area contributed by atoms with Crippen LogP contribution in [0.1, 0.15) is 5.69 Å². The van der Waals surface area contributed by atoms with Gasteiger partial charge in [0.2, 0.25) is 0 Å². The molecule has 1 aromatic rings. The zero-order chi connectivity index (χ0) is 7.52. The average molecular weight is 153 g/mol. The number of hydrogen-bond donors (Lipinski definition) is 2. The van der Waals surface area contributed by atoms with E-state index in [-0.39, 0.29) is 0 Å². The lowest BCUT2D eigenvalue weighted by Crippen LogP contribution is -2.55. The summed E-state index contributed by atoms with van der Waals surface area (Å²) in [4.78, 5) is 0. The number of aromatic nitrogens is 1. The zero-order valence-electron chi connectivity index (χ0n) is 6.21. The summed E-state index contributed by atoms with van der Waals surface area (Å²) in [5.74, 6) is 0. The van der Waals surface area contributed by atoms with Gasteiger partial charge in [-0.3, -0.25) is 0 Å². The highest BCUT2D eigenvalue weighted by Gasteiger charge is 2.15. The molecule has 0 aromatic carbocycles. The minimum absolute atomic E-state index is 0.617. The maximum atomic E-state index is 4.69. The van der Waals surface area contributed by atoms with E-state index < -0.39 is 0 Å². The molecule has 0 atom stereocenters. The van der Waals surface area contributed by atoms with Gasteiger partial charge in [0.25, 0.3) is 0 Å². The molecule has 0 saturated carbocycles. The monoisotopic (exact) mass is 153 g/mol. The lowest BCUT2D eigenvalue weighted by atomic mass is 10.2. The standard InChI is InChI=1S/C7H11N3O/c1-2-11-10-6(1)5-9-7-3-8-4-7/h1-2,7-9H,3-5H2. The minimum atomic E-state index is 0.617. The summed E-state index contributed by atoms with van der Waals surface area (Å²) < 4.78 is 4.69. The Kier molecular flexibility index (Phi) is 1.87. The SMILES string of the molecule is c1cc(CNC2CNC2)no1. The Morgan fingerprint density at radius 2 is 2.64 bits per heavy atom. The van der Waals surface area contributed by atoms with Crippen LogP contribution in [-0.4, -0.2) is 24.3 Å². The first-order valence-corrected chi connectivity index (χ1v) is 3.78. The molecule has 1 fully saturated rings. The molecule has 0 radical (unpaired) electrons. The first-order chi connectivity index (χ1) is 5.45. The third kappa shape index (κ3) is 1.58. The first-order valence-electron chi connectivity index (χ1n) is 3.78. The van der Waals surface area contributed by atoms with Crippen molar-refractivity contribution in [2.24, 2.45) is 0 Å². The lowest BCUT2D eigenvalue weighted by molar-refractivity contribution is 0.355. The van der Waals surface area contributed by atoms with Crippen LogP contribution in [0.5, 0.6) is 0 Å². The van der Waals surface area contributed by atoms with Gasteiger partial charge in [0.15, 0.2) is 0 Å². The summed E-state index contributed by atoms with van der Waals surface area (Å²) in [7, 11) is 0. The fourth-order valence-electron chi connectivity index (χ4n) is 1.01. The Hall–Kier alpha value is -0.870. The van der Waals surface area contributed by atoms with Gasteiger partial charge in [-0.2, -0.15) is 0 Å². The van der Waals surface area contributed by atoms with Crippen molar-refractivity contribution in [3.8, 4) is 0 Å². The van der Waals surface area contributed by atoms with Gasteiger partial charge in [0.1, 0.15) is 6.26 Å². The van der Waals surface area contributed by atoms with Gasteiger partial charge in [-0.25, -0.2) is 0 Å². The van der Waals surface area contributed by atoms with Gasteiger partial charge < -0.3 is 15.2 Å². The molecule has 11 heavy (non-hydrogen) atoms. The Balaban J connectivity index is 1.74. The molecule has 4 nitrogen and oxygen atoms in total. The van der Waals surface area contributed by atoms with Crippen LogP contribution in [0, 0.1) is 0 Å². The molecule has 0 unspecified atom stereocenters. The second-order valence-electron chi connectivity index (χ2n) is 2.73. The zero-order valence-corrected chi connectivity index (χ0v) is 6.21. The quantitative estimate of drug-likeness (QED) is 0.628. The Bertz CT molecular complexity index is 205. The normalized spacial score (nSPS) is 18.2. The number of nitrogens with one attached hydrogen (secondary N) is 2. The summed E-state index contributed by atoms with van der Waals surface area (Å²) in [6.07, 6.45) is 1.59. The Morgan fingerprint density at radius 1 is 1.73 bits per heavy atom. The van der Waals surface area contributed by atoms with Crippen molar-refractivity contribution in [2.75, 3.05) is 13.1 Å². The summed E-state index contributed by atoms with van der Waals surface area (Å²) in [6.45, 7) is 2.94. The molecule has 2 N–H and O–H groups in total. The van der Waals surface area contributed by atoms with Crippen molar-refractivity contribution in [3.63, 3.8) is 0 Å². The highest BCUT2D eigenvalue weighted by atomic mass is 16.5. The molecular weight excluding hydrogens is 142 g/mol. The number of hydrogen-bond acceptors (Lipinski definition) is 4. The third-order valence-electron chi connectivity index (χ3n) is 1.84. The van der Waals surface area contributed by atoms with E-state index in [0.717, 1.165) is 25.3 Å². The second kappa shape index (κ2) is 3.02. The van der Waals surface area contributed by atoms with Crippen molar-refractivity contribution in [2.45, 2.75) is 12.6 Å². The molecule has 60 valence electrons.